The monoisotopic (exact) mass is 340 g/mol. The quantitative estimate of drug-likeness (QED) is 0.587. The third kappa shape index (κ3) is 4.56. The summed E-state index contributed by atoms with van der Waals surface area (Å²) in [5.41, 5.74) is 0. The number of ether oxygens (including phenoxy) is 1. The van der Waals surface area contributed by atoms with Crippen molar-refractivity contribution >= 4 is 29.0 Å². The molecule has 0 bridgehead atoms. The fourth-order valence-electron chi connectivity index (χ4n) is 1.84. The zero-order valence-electron chi connectivity index (χ0n) is 13.0. The van der Waals surface area contributed by atoms with Gasteiger partial charge >= 0.3 is 0 Å². The Hall–Kier alpha value is -1.38. The number of nitrogens with one attached hydrogen (secondary N) is 1. The lowest BCUT2D eigenvalue weighted by Crippen LogP contribution is -2.25. The lowest BCUT2D eigenvalue weighted by molar-refractivity contribution is 0.0958. The van der Waals surface area contributed by atoms with Crippen molar-refractivity contribution in [1.29, 1.82) is 0 Å². The van der Waals surface area contributed by atoms with Crippen molar-refractivity contribution in [1.82, 2.24) is 20.1 Å². The van der Waals surface area contributed by atoms with Gasteiger partial charge in [0, 0.05) is 37.8 Å². The Balaban J connectivity index is 1.80. The Morgan fingerprint density at radius 2 is 2.27 bits per heavy atom. The van der Waals surface area contributed by atoms with Gasteiger partial charge < -0.3 is 14.6 Å². The molecule has 0 aromatic carbocycles. The van der Waals surface area contributed by atoms with Crippen LogP contribution in [0, 0.1) is 6.92 Å². The Morgan fingerprint density at radius 3 is 2.95 bits per heavy atom. The van der Waals surface area contributed by atoms with Gasteiger partial charge in [-0.3, -0.25) is 4.79 Å². The highest BCUT2D eigenvalue weighted by Crippen LogP contribution is 2.16. The molecule has 0 atom stereocenters. The molecule has 2 rings (SSSR count). The molecule has 2 aromatic rings. The van der Waals surface area contributed by atoms with Crippen LogP contribution < -0.4 is 5.32 Å². The summed E-state index contributed by atoms with van der Waals surface area (Å²) in [6, 6.07) is 3.80. The second-order valence-corrected chi connectivity index (χ2v) is 7.07. The molecule has 0 unspecified atom stereocenters. The minimum Gasteiger partial charge on any atom is -0.384 e. The first-order valence-corrected chi connectivity index (χ1v) is 8.76. The normalized spacial score (nSPS) is 10.9. The van der Waals surface area contributed by atoms with Gasteiger partial charge in [0.25, 0.3) is 5.91 Å². The predicted molar refractivity (Wildman–Crippen MR) is 88.7 cm³/mol. The maximum Gasteiger partial charge on any atom is 0.261 e. The number of aryl methyl sites for hydroxylation is 1. The maximum absolute atomic E-state index is 12.0. The van der Waals surface area contributed by atoms with E-state index in [0.717, 1.165) is 26.5 Å². The summed E-state index contributed by atoms with van der Waals surface area (Å²) in [5, 5.41) is 12.1. The number of thiophene rings is 1. The molecule has 1 N–H and O–H groups in total. The molecule has 120 valence electrons. The SMILES string of the molecule is COCCSc1nnc(CCNC(=O)c2ccc(C)s2)n1C. The smallest absolute Gasteiger partial charge is 0.261 e. The first-order chi connectivity index (χ1) is 10.6. The number of rotatable bonds is 8. The Kier molecular flexibility index (Phi) is 6.41. The van der Waals surface area contributed by atoms with Gasteiger partial charge in [0.05, 0.1) is 11.5 Å². The second kappa shape index (κ2) is 8.30. The van der Waals surface area contributed by atoms with Crippen LogP contribution in [0.25, 0.3) is 0 Å². The Labute approximate surface area is 138 Å². The lowest BCUT2D eigenvalue weighted by atomic mass is 10.3. The van der Waals surface area contributed by atoms with Crippen LogP contribution >= 0.6 is 23.1 Å². The van der Waals surface area contributed by atoms with Crippen molar-refractivity contribution < 1.29 is 9.53 Å². The topological polar surface area (TPSA) is 69.0 Å². The van der Waals surface area contributed by atoms with E-state index in [2.05, 4.69) is 15.5 Å². The van der Waals surface area contributed by atoms with E-state index in [0.29, 0.717) is 19.6 Å². The van der Waals surface area contributed by atoms with Gasteiger partial charge in [0.1, 0.15) is 5.82 Å². The molecule has 2 aromatic heterocycles. The van der Waals surface area contributed by atoms with E-state index in [1.165, 1.54) is 11.3 Å². The van der Waals surface area contributed by atoms with Crippen LogP contribution in [0.3, 0.4) is 0 Å². The summed E-state index contributed by atoms with van der Waals surface area (Å²) in [7, 11) is 3.62. The zero-order valence-corrected chi connectivity index (χ0v) is 14.6. The van der Waals surface area contributed by atoms with E-state index in [-0.39, 0.29) is 5.91 Å². The number of methoxy groups -OCH3 is 1. The third-order valence-electron chi connectivity index (χ3n) is 3.04. The fourth-order valence-corrected chi connectivity index (χ4v) is 3.45. The van der Waals surface area contributed by atoms with Crippen LogP contribution in [0.15, 0.2) is 17.3 Å². The summed E-state index contributed by atoms with van der Waals surface area (Å²) < 4.78 is 6.98. The van der Waals surface area contributed by atoms with Crippen molar-refractivity contribution in [3.63, 3.8) is 0 Å². The van der Waals surface area contributed by atoms with E-state index in [1.54, 1.807) is 18.9 Å². The number of thioether (sulfide) groups is 1. The molecule has 0 aliphatic heterocycles. The third-order valence-corrected chi connectivity index (χ3v) is 5.03. The number of nitrogens with zero attached hydrogens (tertiary/aromatic N) is 3. The first-order valence-electron chi connectivity index (χ1n) is 6.96. The lowest BCUT2D eigenvalue weighted by Gasteiger charge is -2.05. The van der Waals surface area contributed by atoms with Crippen molar-refractivity contribution in [2.75, 3.05) is 26.0 Å². The highest BCUT2D eigenvalue weighted by atomic mass is 32.2. The number of carbonyl (C=O) groups excluding carboxylic acids is 1. The second-order valence-electron chi connectivity index (χ2n) is 4.72. The minimum absolute atomic E-state index is 0.0324. The van der Waals surface area contributed by atoms with Crippen LogP contribution in [0.4, 0.5) is 0 Å². The molecule has 0 radical (unpaired) electrons. The number of carbonyl (C=O) groups is 1. The molecular weight excluding hydrogens is 320 g/mol. The van der Waals surface area contributed by atoms with Gasteiger partial charge in [-0.25, -0.2) is 0 Å². The van der Waals surface area contributed by atoms with Crippen molar-refractivity contribution in [2.45, 2.75) is 18.5 Å². The number of hydrogen-bond donors (Lipinski definition) is 1. The molecule has 0 saturated carbocycles. The fraction of sp³-hybridized carbons (Fsp3) is 0.500. The minimum atomic E-state index is -0.0324. The molecule has 22 heavy (non-hydrogen) atoms. The molecule has 0 spiro atoms. The van der Waals surface area contributed by atoms with Crippen LogP contribution in [-0.4, -0.2) is 46.7 Å². The summed E-state index contributed by atoms with van der Waals surface area (Å²) in [5.74, 6) is 1.68. The van der Waals surface area contributed by atoms with E-state index >= 15 is 0 Å². The molecule has 0 aliphatic rings. The van der Waals surface area contributed by atoms with Crippen molar-refractivity contribution in [3.05, 3.63) is 27.7 Å². The van der Waals surface area contributed by atoms with Gasteiger partial charge in [0.15, 0.2) is 5.16 Å². The van der Waals surface area contributed by atoms with E-state index in [9.17, 15) is 4.79 Å². The molecule has 2 heterocycles. The van der Waals surface area contributed by atoms with Crippen molar-refractivity contribution in [2.24, 2.45) is 7.05 Å². The van der Waals surface area contributed by atoms with Crippen molar-refractivity contribution in [3.8, 4) is 0 Å². The summed E-state index contributed by atoms with van der Waals surface area (Å²) >= 11 is 3.11. The zero-order chi connectivity index (χ0) is 15.9. The van der Waals surface area contributed by atoms with Gasteiger partial charge in [0.2, 0.25) is 0 Å². The Morgan fingerprint density at radius 1 is 1.45 bits per heavy atom. The summed E-state index contributed by atoms with van der Waals surface area (Å²) in [6.07, 6.45) is 0.657. The largest absolute Gasteiger partial charge is 0.384 e. The molecule has 0 fully saturated rings. The number of amides is 1. The van der Waals surface area contributed by atoms with Gasteiger partial charge in [-0.05, 0) is 19.1 Å². The molecule has 0 aliphatic carbocycles. The van der Waals surface area contributed by atoms with Crippen LogP contribution in [0.5, 0.6) is 0 Å². The van der Waals surface area contributed by atoms with Crippen LogP contribution in [0.2, 0.25) is 0 Å². The molecule has 6 nitrogen and oxygen atoms in total. The van der Waals surface area contributed by atoms with Gasteiger partial charge in [-0.1, -0.05) is 11.8 Å². The first kappa shape index (κ1) is 17.0. The molecule has 1 amide bonds. The average Bonchev–Trinajstić information content (AvgIpc) is 3.07. The van der Waals surface area contributed by atoms with E-state index in [4.69, 9.17) is 4.74 Å². The molecule has 0 saturated heterocycles. The molecule has 8 heteroatoms. The highest BCUT2D eigenvalue weighted by molar-refractivity contribution is 7.99. The summed E-state index contributed by atoms with van der Waals surface area (Å²) in [6.45, 7) is 3.22. The summed E-state index contributed by atoms with van der Waals surface area (Å²) in [4.78, 5) is 13.8. The van der Waals surface area contributed by atoms with Gasteiger partial charge in [-0.15, -0.1) is 21.5 Å². The van der Waals surface area contributed by atoms with E-state index < -0.39 is 0 Å². The highest BCUT2D eigenvalue weighted by Gasteiger charge is 2.11. The predicted octanol–water partition coefficient (Wildman–Crippen LogP) is 1.90. The van der Waals surface area contributed by atoms with Gasteiger partial charge in [-0.2, -0.15) is 0 Å². The molecular formula is C14H20N4O2S2. The average molecular weight is 340 g/mol. The van der Waals surface area contributed by atoms with E-state index in [1.807, 2.05) is 30.7 Å². The number of aromatic nitrogens is 3. The number of hydrogen-bond acceptors (Lipinski definition) is 6. The standard InChI is InChI=1S/C14H20N4O2S2/c1-10-4-5-11(22-10)13(19)15-7-6-12-16-17-14(18(12)2)21-9-8-20-3/h4-5H,6-9H2,1-3H3,(H,15,19). The van der Waals surface area contributed by atoms with Crippen LogP contribution in [0.1, 0.15) is 20.4 Å². The van der Waals surface area contributed by atoms with Crippen LogP contribution in [-0.2, 0) is 18.2 Å². The Bertz CT molecular complexity index is 624. The maximum atomic E-state index is 12.0.